The first kappa shape index (κ1) is 15.6. The highest BCUT2D eigenvalue weighted by Crippen LogP contribution is 2.12. The molecule has 0 spiro atoms. The average molecular weight is 287 g/mol. The molecule has 0 aliphatic rings. The summed E-state index contributed by atoms with van der Waals surface area (Å²) in [6.07, 6.45) is 3.68. The van der Waals surface area contributed by atoms with Crippen LogP contribution in [0.15, 0.2) is 36.7 Å². The van der Waals surface area contributed by atoms with E-state index in [1.807, 2.05) is 10.9 Å². The van der Waals surface area contributed by atoms with E-state index in [9.17, 15) is 0 Å². The molecule has 0 aliphatic carbocycles. The van der Waals surface area contributed by atoms with Gasteiger partial charge in [-0.05, 0) is 30.5 Å². The smallest absolute Gasteiger partial charge is 0.157 e. The molecule has 0 saturated carbocycles. The van der Waals surface area contributed by atoms with Gasteiger partial charge >= 0.3 is 0 Å². The number of ether oxygens (including phenoxy) is 1. The summed E-state index contributed by atoms with van der Waals surface area (Å²) in [4.78, 5) is 0. The number of hydrogen-bond acceptors (Lipinski definition) is 3. The van der Waals surface area contributed by atoms with Crippen molar-refractivity contribution in [2.45, 2.75) is 40.5 Å². The third-order valence-electron chi connectivity index (χ3n) is 3.24. The molecule has 114 valence electrons. The van der Waals surface area contributed by atoms with Gasteiger partial charge in [0.25, 0.3) is 0 Å². The van der Waals surface area contributed by atoms with Gasteiger partial charge in [0.15, 0.2) is 5.75 Å². The highest BCUT2D eigenvalue weighted by Gasteiger charge is 2.00. The fourth-order valence-corrected chi connectivity index (χ4v) is 2.02. The van der Waals surface area contributed by atoms with Crippen LogP contribution in [0.5, 0.6) is 5.75 Å². The third-order valence-corrected chi connectivity index (χ3v) is 3.24. The van der Waals surface area contributed by atoms with E-state index in [0.29, 0.717) is 12.5 Å². The molecule has 0 amide bonds. The number of hydrogen-bond donors (Lipinski definition) is 1. The van der Waals surface area contributed by atoms with E-state index >= 15 is 0 Å². The SMILES string of the molecule is CCn1cc(OCc2ccc(CNCC(C)C)cc2)cn1. The number of nitrogens with one attached hydrogen (secondary N) is 1. The van der Waals surface area contributed by atoms with E-state index in [4.69, 9.17) is 4.74 Å². The Labute approximate surface area is 127 Å². The molecule has 0 atom stereocenters. The van der Waals surface area contributed by atoms with Crippen LogP contribution >= 0.6 is 0 Å². The lowest BCUT2D eigenvalue weighted by Crippen LogP contribution is -2.18. The second-order valence-corrected chi connectivity index (χ2v) is 5.66. The fraction of sp³-hybridized carbons (Fsp3) is 0.471. The van der Waals surface area contributed by atoms with Gasteiger partial charge in [-0.15, -0.1) is 0 Å². The van der Waals surface area contributed by atoms with Crippen molar-refractivity contribution in [3.8, 4) is 5.75 Å². The lowest BCUT2D eigenvalue weighted by molar-refractivity contribution is 0.305. The minimum atomic E-state index is 0.578. The summed E-state index contributed by atoms with van der Waals surface area (Å²) in [5.41, 5.74) is 2.48. The van der Waals surface area contributed by atoms with Crippen molar-refractivity contribution in [3.05, 3.63) is 47.8 Å². The molecule has 21 heavy (non-hydrogen) atoms. The van der Waals surface area contributed by atoms with Crippen molar-refractivity contribution < 1.29 is 4.74 Å². The molecule has 0 radical (unpaired) electrons. The van der Waals surface area contributed by atoms with Gasteiger partial charge in [0.1, 0.15) is 6.61 Å². The molecule has 1 heterocycles. The number of rotatable bonds is 8. The summed E-state index contributed by atoms with van der Waals surface area (Å²) >= 11 is 0. The number of nitrogens with zero attached hydrogens (tertiary/aromatic N) is 2. The van der Waals surface area contributed by atoms with Crippen LogP contribution in [0.3, 0.4) is 0 Å². The first-order valence-corrected chi connectivity index (χ1v) is 7.61. The molecule has 0 fully saturated rings. The van der Waals surface area contributed by atoms with Crippen molar-refractivity contribution in [2.75, 3.05) is 6.54 Å². The Bertz CT molecular complexity index is 531. The summed E-state index contributed by atoms with van der Waals surface area (Å²) in [5, 5.41) is 7.64. The van der Waals surface area contributed by atoms with Gasteiger partial charge in [0, 0.05) is 13.1 Å². The monoisotopic (exact) mass is 287 g/mol. The van der Waals surface area contributed by atoms with Crippen LogP contribution in [0.1, 0.15) is 31.9 Å². The van der Waals surface area contributed by atoms with Crippen LogP contribution < -0.4 is 10.1 Å². The first-order chi connectivity index (χ1) is 10.2. The molecule has 0 saturated heterocycles. The van der Waals surface area contributed by atoms with Crippen molar-refractivity contribution in [2.24, 2.45) is 5.92 Å². The summed E-state index contributed by atoms with van der Waals surface area (Å²) in [7, 11) is 0. The van der Waals surface area contributed by atoms with E-state index < -0.39 is 0 Å². The van der Waals surface area contributed by atoms with Crippen LogP contribution in [-0.2, 0) is 19.7 Å². The number of benzene rings is 1. The Hall–Kier alpha value is -1.81. The highest BCUT2D eigenvalue weighted by atomic mass is 16.5. The predicted octanol–water partition coefficient (Wildman–Crippen LogP) is 3.23. The topological polar surface area (TPSA) is 39.1 Å². The maximum absolute atomic E-state index is 5.73. The fourth-order valence-electron chi connectivity index (χ4n) is 2.02. The Morgan fingerprint density at radius 1 is 1.19 bits per heavy atom. The van der Waals surface area contributed by atoms with E-state index in [2.05, 4.69) is 55.5 Å². The summed E-state index contributed by atoms with van der Waals surface area (Å²) in [5.74, 6) is 1.50. The van der Waals surface area contributed by atoms with Crippen LogP contribution in [0.25, 0.3) is 0 Å². The Morgan fingerprint density at radius 2 is 1.90 bits per heavy atom. The van der Waals surface area contributed by atoms with Gasteiger partial charge in [0.2, 0.25) is 0 Å². The third kappa shape index (κ3) is 5.23. The molecule has 4 heteroatoms. The standard InChI is InChI=1S/C17H25N3O/c1-4-20-12-17(11-19-20)21-13-16-7-5-15(6-8-16)10-18-9-14(2)3/h5-8,11-12,14,18H,4,9-10,13H2,1-3H3. The average Bonchev–Trinajstić information content (AvgIpc) is 2.94. The van der Waals surface area contributed by atoms with Crippen LogP contribution in [-0.4, -0.2) is 16.3 Å². The van der Waals surface area contributed by atoms with Crippen molar-refractivity contribution in [3.63, 3.8) is 0 Å². The maximum Gasteiger partial charge on any atom is 0.157 e. The van der Waals surface area contributed by atoms with Gasteiger partial charge in [-0.1, -0.05) is 38.1 Å². The van der Waals surface area contributed by atoms with Crippen LogP contribution in [0.2, 0.25) is 0 Å². The maximum atomic E-state index is 5.73. The van der Waals surface area contributed by atoms with Crippen molar-refractivity contribution >= 4 is 0 Å². The number of aryl methyl sites for hydroxylation is 1. The molecule has 1 aromatic carbocycles. The van der Waals surface area contributed by atoms with E-state index in [1.54, 1.807) is 6.20 Å². The molecule has 0 unspecified atom stereocenters. The van der Waals surface area contributed by atoms with E-state index in [1.165, 1.54) is 11.1 Å². The van der Waals surface area contributed by atoms with Gasteiger partial charge in [-0.2, -0.15) is 5.10 Å². The quantitative estimate of drug-likeness (QED) is 0.810. The molecule has 0 bridgehead atoms. The van der Waals surface area contributed by atoms with Gasteiger partial charge in [-0.25, -0.2) is 0 Å². The lowest BCUT2D eigenvalue weighted by Gasteiger charge is -2.08. The summed E-state index contributed by atoms with van der Waals surface area (Å²) < 4.78 is 7.59. The van der Waals surface area contributed by atoms with Crippen molar-refractivity contribution in [1.82, 2.24) is 15.1 Å². The molecule has 2 rings (SSSR count). The molecular weight excluding hydrogens is 262 g/mol. The second kappa shape index (κ2) is 7.84. The van der Waals surface area contributed by atoms with Gasteiger partial charge < -0.3 is 10.1 Å². The zero-order chi connectivity index (χ0) is 15.1. The molecular formula is C17H25N3O. The predicted molar refractivity (Wildman–Crippen MR) is 85.2 cm³/mol. The van der Waals surface area contributed by atoms with Gasteiger partial charge in [-0.3, -0.25) is 4.68 Å². The van der Waals surface area contributed by atoms with Crippen molar-refractivity contribution in [1.29, 1.82) is 0 Å². The number of aromatic nitrogens is 2. The Balaban J connectivity index is 1.79. The molecule has 1 N–H and O–H groups in total. The normalized spacial score (nSPS) is 11.0. The lowest BCUT2D eigenvalue weighted by atomic mass is 10.1. The van der Waals surface area contributed by atoms with Crippen LogP contribution in [0, 0.1) is 5.92 Å². The minimum Gasteiger partial charge on any atom is -0.486 e. The minimum absolute atomic E-state index is 0.578. The zero-order valence-electron chi connectivity index (χ0n) is 13.2. The Morgan fingerprint density at radius 3 is 2.52 bits per heavy atom. The molecule has 4 nitrogen and oxygen atoms in total. The summed E-state index contributed by atoms with van der Waals surface area (Å²) in [6, 6.07) is 8.55. The molecule has 1 aromatic heterocycles. The summed E-state index contributed by atoms with van der Waals surface area (Å²) in [6.45, 7) is 9.90. The largest absolute Gasteiger partial charge is 0.486 e. The second-order valence-electron chi connectivity index (χ2n) is 5.66. The first-order valence-electron chi connectivity index (χ1n) is 7.61. The molecule has 0 aliphatic heterocycles. The Kier molecular flexibility index (Phi) is 5.81. The zero-order valence-corrected chi connectivity index (χ0v) is 13.2. The highest BCUT2D eigenvalue weighted by molar-refractivity contribution is 5.23. The van der Waals surface area contributed by atoms with Gasteiger partial charge in [0.05, 0.1) is 12.4 Å². The van der Waals surface area contributed by atoms with E-state index in [0.717, 1.165) is 25.4 Å². The van der Waals surface area contributed by atoms with E-state index in [-0.39, 0.29) is 0 Å². The van der Waals surface area contributed by atoms with Crippen LogP contribution in [0.4, 0.5) is 0 Å². The molecule has 2 aromatic rings.